The molecule has 0 saturated heterocycles. The fourth-order valence-electron chi connectivity index (χ4n) is 1.49. The maximum absolute atomic E-state index is 11.4. The molecule has 0 atom stereocenters. The number of pyridine rings is 1. The summed E-state index contributed by atoms with van der Waals surface area (Å²) in [6.07, 6.45) is 1.60. The second-order valence-electron chi connectivity index (χ2n) is 3.43. The summed E-state index contributed by atoms with van der Waals surface area (Å²) in [6, 6.07) is 11.4. The molecule has 86 valence electrons. The van der Waals surface area contributed by atoms with Crippen LogP contribution in [0.1, 0.15) is 10.5 Å². The minimum Gasteiger partial charge on any atom is -0.464 e. The molecule has 0 amide bonds. The molecule has 0 spiro atoms. The minimum atomic E-state index is -0.429. The molecule has 0 radical (unpaired) electrons. The zero-order chi connectivity index (χ0) is 12.3. The minimum absolute atomic E-state index is 0.310. The monoisotopic (exact) mass is 291 g/mol. The Bertz CT molecular complexity index is 555. The van der Waals surface area contributed by atoms with Gasteiger partial charge in [0.25, 0.3) is 0 Å². The Balaban J connectivity index is 2.43. The number of nitrogens with zero attached hydrogens (tertiary/aromatic N) is 1. The van der Waals surface area contributed by atoms with Crippen LogP contribution in [0.5, 0.6) is 0 Å². The summed E-state index contributed by atoms with van der Waals surface area (Å²) in [7, 11) is 1.34. The lowest BCUT2D eigenvalue weighted by Gasteiger charge is -2.04. The van der Waals surface area contributed by atoms with Crippen molar-refractivity contribution in [3.05, 3.63) is 52.8 Å². The molecule has 2 rings (SSSR count). The topological polar surface area (TPSA) is 39.2 Å². The van der Waals surface area contributed by atoms with E-state index in [1.807, 2.05) is 30.3 Å². The van der Waals surface area contributed by atoms with E-state index in [0.29, 0.717) is 5.69 Å². The molecule has 0 aliphatic rings. The van der Waals surface area contributed by atoms with Gasteiger partial charge >= 0.3 is 5.97 Å². The van der Waals surface area contributed by atoms with Gasteiger partial charge in [-0.25, -0.2) is 9.78 Å². The lowest BCUT2D eigenvalue weighted by Crippen LogP contribution is -2.03. The van der Waals surface area contributed by atoms with Gasteiger partial charge in [-0.3, -0.25) is 0 Å². The standard InChI is InChI=1S/C13H10BrNO2/c1-17-13(16)12-8-10(5-6-15-12)9-3-2-4-11(14)7-9/h2-8H,1H3. The first-order chi connectivity index (χ1) is 8.20. The van der Waals surface area contributed by atoms with Crippen molar-refractivity contribution >= 4 is 21.9 Å². The van der Waals surface area contributed by atoms with Gasteiger partial charge in [0.1, 0.15) is 5.69 Å². The Morgan fingerprint density at radius 3 is 2.71 bits per heavy atom. The van der Waals surface area contributed by atoms with E-state index in [2.05, 4.69) is 25.7 Å². The van der Waals surface area contributed by atoms with E-state index in [9.17, 15) is 4.79 Å². The van der Waals surface area contributed by atoms with Crippen molar-refractivity contribution < 1.29 is 9.53 Å². The Morgan fingerprint density at radius 2 is 2.00 bits per heavy atom. The molecule has 0 aliphatic heterocycles. The summed E-state index contributed by atoms with van der Waals surface area (Å²) < 4.78 is 5.63. The van der Waals surface area contributed by atoms with Crippen LogP contribution in [0.2, 0.25) is 0 Å². The van der Waals surface area contributed by atoms with Gasteiger partial charge < -0.3 is 4.74 Å². The molecular weight excluding hydrogens is 282 g/mol. The zero-order valence-electron chi connectivity index (χ0n) is 9.18. The Morgan fingerprint density at radius 1 is 1.24 bits per heavy atom. The van der Waals surface area contributed by atoms with E-state index >= 15 is 0 Å². The third-order valence-corrected chi connectivity index (χ3v) is 2.81. The highest BCUT2D eigenvalue weighted by molar-refractivity contribution is 9.10. The summed E-state index contributed by atoms with van der Waals surface area (Å²) in [5.41, 5.74) is 2.26. The Kier molecular flexibility index (Phi) is 3.54. The molecule has 0 aliphatic carbocycles. The maximum Gasteiger partial charge on any atom is 0.356 e. The highest BCUT2D eigenvalue weighted by Gasteiger charge is 2.08. The zero-order valence-corrected chi connectivity index (χ0v) is 10.8. The van der Waals surface area contributed by atoms with Crippen molar-refractivity contribution in [2.75, 3.05) is 7.11 Å². The smallest absolute Gasteiger partial charge is 0.356 e. The third-order valence-electron chi connectivity index (χ3n) is 2.31. The van der Waals surface area contributed by atoms with Crippen LogP contribution in [-0.2, 0) is 4.74 Å². The number of esters is 1. The van der Waals surface area contributed by atoms with Crippen LogP contribution in [0, 0.1) is 0 Å². The molecule has 0 bridgehead atoms. The number of ether oxygens (including phenoxy) is 1. The molecule has 0 saturated carbocycles. The summed E-state index contributed by atoms with van der Waals surface area (Å²) in [6.45, 7) is 0. The summed E-state index contributed by atoms with van der Waals surface area (Å²) >= 11 is 3.41. The highest BCUT2D eigenvalue weighted by atomic mass is 79.9. The predicted molar refractivity (Wildman–Crippen MR) is 68.7 cm³/mol. The summed E-state index contributed by atoms with van der Waals surface area (Å²) in [5.74, 6) is -0.429. The quantitative estimate of drug-likeness (QED) is 0.797. The van der Waals surface area contributed by atoms with E-state index in [0.717, 1.165) is 15.6 Å². The molecule has 1 heterocycles. The fourth-order valence-corrected chi connectivity index (χ4v) is 1.89. The van der Waals surface area contributed by atoms with Crippen molar-refractivity contribution in [2.24, 2.45) is 0 Å². The van der Waals surface area contributed by atoms with Crippen molar-refractivity contribution in [3.8, 4) is 11.1 Å². The van der Waals surface area contributed by atoms with Crippen molar-refractivity contribution in [1.82, 2.24) is 4.98 Å². The van der Waals surface area contributed by atoms with Gasteiger partial charge in [0.2, 0.25) is 0 Å². The number of hydrogen-bond acceptors (Lipinski definition) is 3. The molecule has 1 aromatic heterocycles. The normalized spacial score (nSPS) is 10.0. The number of methoxy groups -OCH3 is 1. The van der Waals surface area contributed by atoms with Crippen LogP contribution in [0.4, 0.5) is 0 Å². The average molecular weight is 292 g/mol. The van der Waals surface area contributed by atoms with Crippen LogP contribution in [0.3, 0.4) is 0 Å². The molecule has 0 fully saturated rings. The van der Waals surface area contributed by atoms with E-state index in [-0.39, 0.29) is 0 Å². The summed E-state index contributed by atoms with van der Waals surface area (Å²) in [5, 5.41) is 0. The maximum atomic E-state index is 11.4. The molecule has 0 unspecified atom stereocenters. The number of halogens is 1. The van der Waals surface area contributed by atoms with Crippen LogP contribution >= 0.6 is 15.9 Å². The Labute approximate surface area is 108 Å². The first-order valence-corrected chi connectivity index (χ1v) is 5.80. The van der Waals surface area contributed by atoms with Gasteiger partial charge in [0.05, 0.1) is 7.11 Å². The summed E-state index contributed by atoms with van der Waals surface area (Å²) in [4.78, 5) is 15.3. The second-order valence-corrected chi connectivity index (χ2v) is 4.35. The first kappa shape index (κ1) is 11.8. The first-order valence-electron chi connectivity index (χ1n) is 5.01. The lowest BCUT2D eigenvalue weighted by atomic mass is 10.1. The van der Waals surface area contributed by atoms with Gasteiger partial charge in [0, 0.05) is 10.7 Å². The van der Waals surface area contributed by atoms with Crippen molar-refractivity contribution in [2.45, 2.75) is 0 Å². The highest BCUT2D eigenvalue weighted by Crippen LogP contribution is 2.23. The Hall–Kier alpha value is -1.68. The molecule has 2 aromatic rings. The SMILES string of the molecule is COC(=O)c1cc(-c2cccc(Br)c2)ccn1. The molecule has 0 N–H and O–H groups in total. The molecular formula is C13H10BrNO2. The van der Waals surface area contributed by atoms with Gasteiger partial charge in [0.15, 0.2) is 0 Å². The largest absolute Gasteiger partial charge is 0.464 e. The number of carbonyl (C=O) groups is 1. The van der Waals surface area contributed by atoms with Gasteiger partial charge in [-0.15, -0.1) is 0 Å². The molecule has 17 heavy (non-hydrogen) atoms. The van der Waals surface area contributed by atoms with Crippen LogP contribution in [0.15, 0.2) is 47.1 Å². The van der Waals surface area contributed by atoms with E-state index in [1.54, 1.807) is 12.3 Å². The van der Waals surface area contributed by atoms with E-state index < -0.39 is 5.97 Å². The molecule has 3 nitrogen and oxygen atoms in total. The fraction of sp³-hybridized carbons (Fsp3) is 0.0769. The third kappa shape index (κ3) is 2.71. The van der Waals surface area contributed by atoms with Crippen molar-refractivity contribution in [3.63, 3.8) is 0 Å². The van der Waals surface area contributed by atoms with Gasteiger partial charge in [-0.2, -0.15) is 0 Å². The number of aromatic nitrogens is 1. The lowest BCUT2D eigenvalue weighted by molar-refractivity contribution is 0.0594. The van der Waals surface area contributed by atoms with E-state index in [1.165, 1.54) is 7.11 Å². The number of rotatable bonds is 2. The number of carbonyl (C=O) groups excluding carboxylic acids is 1. The van der Waals surface area contributed by atoms with Gasteiger partial charge in [-0.1, -0.05) is 28.1 Å². The van der Waals surface area contributed by atoms with Crippen LogP contribution in [-0.4, -0.2) is 18.1 Å². The van der Waals surface area contributed by atoms with Crippen molar-refractivity contribution in [1.29, 1.82) is 0 Å². The van der Waals surface area contributed by atoms with Crippen LogP contribution in [0.25, 0.3) is 11.1 Å². The number of benzene rings is 1. The second kappa shape index (κ2) is 5.10. The predicted octanol–water partition coefficient (Wildman–Crippen LogP) is 3.30. The number of hydrogen-bond donors (Lipinski definition) is 0. The average Bonchev–Trinajstić information content (AvgIpc) is 2.38. The van der Waals surface area contributed by atoms with Gasteiger partial charge in [-0.05, 0) is 35.4 Å². The molecule has 4 heteroatoms. The van der Waals surface area contributed by atoms with E-state index in [4.69, 9.17) is 0 Å². The van der Waals surface area contributed by atoms with Crippen LogP contribution < -0.4 is 0 Å². The molecule has 1 aromatic carbocycles.